The van der Waals surface area contributed by atoms with E-state index in [4.69, 9.17) is 0 Å². The van der Waals surface area contributed by atoms with Crippen LogP contribution in [0.1, 0.15) is 16.8 Å². The Balaban J connectivity index is 1.79. The van der Waals surface area contributed by atoms with Crippen molar-refractivity contribution in [2.45, 2.75) is 25.9 Å². The summed E-state index contributed by atoms with van der Waals surface area (Å²) in [6, 6.07) is 1.71. The Labute approximate surface area is 111 Å². The molecule has 19 heavy (non-hydrogen) atoms. The highest BCUT2D eigenvalue weighted by molar-refractivity contribution is 5.20. The first kappa shape index (κ1) is 12.1. The summed E-state index contributed by atoms with van der Waals surface area (Å²) in [5, 5.41) is 11.8. The largest absolute Gasteiger partial charge is 0.312 e. The van der Waals surface area contributed by atoms with E-state index in [1.807, 2.05) is 19.4 Å². The van der Waals surface area contributed by atoms with Crippen molar-refractivity contribution in [1.29, 1.82) is 0 Å². The van der Waals surface area contributed by atoms with Gasteiger partial charge in [-0.25, -0.2) is 4.68 Å². The van der Waals surface area contributed by atoms with Gasteiger partial charge in [0.2, 0.25) is 0 Å². The highest BCUT2D eigenvalue weighted by Gasteiger charge is 2.12. The molecule has 1 N–H and O–H groups in total. The molecule has 0 aliphatic carbocycles. The van der Waals surface area contributed by atoms with Gasteiger partial charge in [-0.2, -0.15) is 10.2 Å². The van der Waals surface area contributed by atoms with Crippen LogP contribution in [-0.4, -0.2) is 26.1 Å². The Kier molecular flexibility index (Phi) is 3.16. The first-order valence-electron chi connectivity index (χ1n) is 6.50. The highest BCUT2D eigenvalue weighted by Crippen LogP contribution is 2.08. The van der Waals surface area contributed by atoms with Crippen LogP contribution in [-0.2, 0) is 33.0 Å². The molecule has 1 aliphatic rings. The molecule has 2 aromatic rings. The monoisotopic (exact) mass is 259 g/mol. The van der Waals surface area contributed by atoms with Gasteiger partial charge in [0.05, 0.1) is 11.9 Å². The Morgan fingerprint density at radius 1 is 1.47 bits per heavy atom. The molecular formula is C13H17N5O. The molecule has 0 spiro atoms. The van der Waals surface area contributed by atoms with E-state index in [1.165, 1.54) is 0 Å². The average molecular weight is 259 g/mol. The first-order valence-corrected chi connectivity index (χ1v) is 6.50. The number of nitrogens with one attached hydrogen (secondary N) is 1. The van der Waals surface area contributed by atoms with E-state index in [-0.39, 0.29) is 5.56 Å². The smallest absolute Gasteiger partial charge is 0.267 e. The van der Waals surface area contributed by atoms with Crippen molar-refractivity contribution >= 4 is 0 Å². The molecule has 1 aliphatic heterocycles. The van der Waals surface area contributed by atoms with Gasteiger partial charge in [-0.3, -0.25) is 9.48 Å². The molecule has 6 heteroatoms. The molecule has 6 nitrogen and oxygen atoms in total. The maximum atomic E-state index is 12.0. The van der Waals surface area contributed by atoms with Gasteiger partial charge in [-0.1, -0.05) is 0 Å². The third-order valence-corrected chi connectivity index (χ3v) is 3.39. The summed E-state index contributed by atoms with van der Waals surface area (Å²) in [6.45, 7) is 2.28. The molecule has 0 radical (unpaired) electrons. The van der Waals surface area contributed by atoms with Crippen LogP contribution in [0.15, 0.2) is 23.3 Å². The Morgan fingerprint density at radius 3 is 3.16 bits per heavy atom. The van der Waals surface area contributed by atoms with Crippen molar-refractivity contribution in [3.63, 3.8) is 0 Å². The molecule has 0 saturated carbocycles. The zero-order chi connectivity index (χ0) is 13.2. The van der Waals surface area contributed by atoms with Gasteiger partial charge in [0.15, 0.2) is 0 Å². The van der Waals surface area contributed by atoms with Gasteiger partial charge in [0, 0.05) is 45.4 Å². The summed E-state index contributed by atoms with van der Waals surface area (Å²) in [7, 11) is 1.89. The number of aryl methyl sites for hydroxylation is 3. The molecule has 3 rings (SSSR count). The molecule has 0 amide bonds. The fourth-order valence-electron chi connectivity index (χ4n) is 2.36. The third kappa shape index (κ3) is 2.58. The Hall–Kier alpha value is -1.95. The normalized spacial score (nSPS) is 14.4. The van der Waals surface area contributed by atoms with Gasteiger partial charge in [0.1, 0.15) is 0 Å². The Bertz CT molecular complexity index is 643. The lowest BCUT2D eigenvalue weighted by Crippen LogP contribution is -2.32. The van der Waals surface area contributed by atoms with Crippen molar-refractivity contribution < 1.29 is 0 Å². The van der Waals surface area contributed by atoms with Crippen LogP contribution in [0, 0.1) is 0 Å². The van der Waals surface area contributed by atoms with E-state index in [9.17, 15) is 4.79 Å². The molecule has 3 heterocycles. The molecule has 0 unspecified atom stereocenters. The lowest BCUT2D eigenvalue weighted by molar-refractivity contribution is 0.533. The zero-order valence-electron chi connectivity index (χ0n) is 11.0. The first-order chi connectivity index (χ1) is 9.22. The van der Waals surface area contributed by atoms with E-state index in [0.29, 0.717) is 6.54 Å². The van der Waals surface area contributed by atoms with Gasteiger partial charge < -0.3 is 5.32 Å². The van der Waals surface area contributed by atoms with Gasteiger partial charge in [-0.15, -0.1) is 0 Å². The lowest BCUT2D eigenvalue weighted by atomic mass is 10.1. The van der Waals surface area contributed by atoms with Crippen LogP contribution < -0.4 is 10.9 Å². The van der Waals surface area contributed by atoms with Gasteiger partial charge >= 0.3 is 0 Å². The summed E-state index contributed by atoms with van der Waals surface area (Å²) in [4.78, 5) is 12.0. The quantitative estimate of drug-likeness (QED) is 0.833. The maximum Gasteiger partial charge on any atom is 0.267 e. The second-order valence-corrected chi connectivity index (χ2v) is 4.88. The van der Waals surface area contributed by atoms with Crippen LogP contribution in [0.4, 0.5) is 0 Å². The summed E-state index contributed by atoms with van der Waals surface area (Å²) in [5.74, 6) is 0. The number of fused-ring (bicyclic) bond motifs is 1. The number of nitrogens with zero attached hydrogens (tertiary/aromatic N) is 4. The van der Waals surface area contributed by atoms with Gasteiger partial charge in [-0.05, 0) is 17.5 Å². The highest BCUT2D eigenvalue weighted by atomic mass is 16.1. The van der Waals surface area contributed by atoms with Crippen molar-refractivity contribution in [1.82, 2.24) is 24.9 Å². The van der Waals surface area contributed by atoms with Crippen LogP contribution in [0.5, 0.6) is 0 Å². The zero-order valence-corrected chi connectivity index (χ0v) is 11.0. The predicted molar refractivity (Wildman–Crippen MR) is 70.8 cm³/mol. The maximum absolute atomic E-state index is 12.0. The summed E-state index contributed by atoms with van der Waals surface area (Å²) >= 11 is 0. The minimum absolute atomic E-state index is 0.0219. The molecule has 100 valence electrons. The number of hydrogen-bond donors (Lipinski definition) is 1. The third-order valence-electron chi connectivity index (χ3n) is 3.39. The van der Waals surface area contributed by atoms with Crippen LogP contribution in [0.3, 0.4) is 0 Å². The standard InChI is InChI=1S/C13H17N5O/c1-17-9-10(7-15-17)3-5-18-13(19)6-11-8-14-4-2-12(11)16-18/h6-7,9,14H,2-5,8H2,1H3. The predicted octanol–water partition coefficient (Wildman–Crippen LogP) is -0.135. The van der Waals surface area contributed by atoms with Crippen LogP contribution in [0.2, 0.25) is 0 Å². The topological polar surface area (TPSA) is 64.7 Å². The van der Waals surface area contributed by atoms with Crippen LogP contribution in [0.25, 0.3) is 0 Å². The van der Waals surface area contributed by atoms with E-state index < -0.39 is 0 Å². The summed E-state index contributed by atoms with van der Waals surface area (Å²) in [6.07, 6.45) is 5.46. The Morgan fingerprint density at radius 2 is 2.37 bits per heavy atom. The van der Waals surface area contributed by atoms with Gasteiger partial charge in [0.25, 0.3) is 5.56 Å². The van der Waals surface area contributed by atoms with Crippen molar-refractivity contribution in [3.05, 3.63) is 45.6 Å². The molecule has 0 aromatic carbocycles. The summed E-state index contributed by atoms with van der Waals surface area (Å²) in [5.41, 5.74) is 3.18. The molecule has 0 fully saturated rings. The minimum Gasteiger partial charge on any atom is -0.312 e. The number of aromatic nitrogens is 4. The second-order valence-electron chi connectivity index (χ2n) is 4.88. The molecule has 0 atom stereocenters. The fourth-order valence-corrected chi connectivity index (χ4v) is 2.36. The van der Waals surface area contributed by atoms with E-state index in [1.54, 1.807) is 15.4 Å². The second kappa shape index (κ2) is 4.97. The molecule has 0 saturated heterocycles. The number of hydrogen-bond acceptors (Lipinski definition) is 4. The SMILES string of the molecule is Cn1cc(CCn2nc3c(cc2=O)CNCC3)cn1. The summed E-state index contributed by atoms with van der Waals surface area (Å²) < 4.78 is 3.33. The van der Waals surface area contributed by atoms with Crippen molar-refractivity contribution in [3.8, 4) is 0 Å². The van der Waals surface area contributed by atoms with Crippen LogP contribution >= 0.6 is 0 Å². The van der Waals surface area contributed by atoms with E-state index in [0.717, 1.165) is 42.8 Å². The minimum atomic E-state index is -0.0219. The van der Waals surface area contributed by atoms with Crippen molar-refractivity contribution in [2.75, 3.05) is 6.54 Å². The molecule has 0 bridgehead atoms. The lowest BCUT2D eigenvalue weighted by Gasteiger charge is -2.16. The van der Waals surface area contributed by atoms with E-state index >= 15 is 0 Å². The molecular weight excluding hydrogens is 242 g/mol. The average Bonchev–Trinajstić information content (AvgIpc) is 2.82. The fraction of sp³-hybridized carbons (Fsp3) is 0.462. The molecule has 2 aromatic heterocycles. The van der Waals surface area contributed by atoms with Crippen molar-refractivity contribution in [2.24, 2.45) is 7.05 Å². The van der Waals surface area contributed by atoms with E-state index in [2.05, 4.69) is 15.5 Å². The number of rotatable bonds is 3.